The van der Waals surface area contributed by atoms with Gasteiger partial charge in [-0.15, -0.1) is 0 Å². The minimum Gasteiger partial charge on any atom is -0.755 e. The molecular formula is C3H5N2O5S-. The van der Waals surface area contributed by atoms with Crippen LogP contribution in [0.2, 0.25) is 0 Å². The summed E-state index contributed by atoms with van der Waals surface area (Å²) in [5.41, 5.74) is 4.52. The Morgan fingerprint density at radius 3 is 2.18 bits per heavy atom. The number of rotatable bonds is 3. The van der Waals surface area contributed by atoms with Crippen LogP contribution in [0.1, 0.15) is 0 Å². The zero-order valence-electron chi connectivity index (χ0n) is 5.22. The standard InChI is InChI=1S/C3H6N2O5S/c4-3(8)5(11(9)10)1-2(6)7/h1H2,(H2,4,8)(H,6,7)(H,9,10)/p-1. The number of aliphatic carboxylic acids is 1. The molecule has 0 aliphatic rings. The summed E-state index contributed by atoms with van der Waals surface area (Å²) in [6.07, 6.45) is 0. The Kier molecular flexibility index (Phi) is 3.48. The molecule has 0 aromatic heterocycles. The number of amides is 2. The number of carbonyl (C=O) groups is 2. The second-order valence-electron chi connectivity index (χ2n) is 1.49. The summed E-state index contributed by atoms with van der Waals surface area (Å²) in [5.74, 6) is -1.45. The van der Waals surface area contributed by atoms with Crippen molar-refractivity contribution in [3.05, 3.63) is 0 Å². The van der Waals surface area contributed by atoms with Crippen molar-refractivity contribution in [2.75, 3.05) is 6.54 Å². The van der Waals surface area contributed by atoms with Gasteiger partial charge in [0.25, 0.3) is 0 Å². The van der Waals surface area contributed by atoms with E-state index >= 15 is 0 Å². The summed E-state index contributed by atoms with van der Waals surface area (Å²) in [7, 11) is 0. The van der Waals surface area contributed by atoms with Crippen molar-refractivity contribution in [2.24, 2.45) is 5.73 Å². The first-order chi connectivity index (χ1) is 4.95. The quantitative estimate of drug-likeness (QED) is 0.499. The Labute approximate surface area is 64.2 Å². The molecule has 0 aromatic carbocycles. The topological polar surface area (TPSA) is 124 Å². The molecule has 3 N–H and O–H groups in total. The Morgan fingerprint density at radius 2 is 2.09 bits per heavy atom. The molecule has 64 valence electrons. The number of nitrogens with two attached hydrogens (primary N) is 1. The third-order valence-corrected chi connectivity index (χ3v) is 1.37. The van der Waals surface area contributed by atoms with Gasteiger partial charge in [-0.05, 0) is 0 Å². The van der Waals surface area contributed by atoms with E-state index in [-0.39, 0.29) is 4.31 Å². The summed E-state index contributed by atoms with van der Waals surface area (Å²) in [6, 6.07) is -1.32. The molecule has 0 heterocycles. The zero-order chi connectivity index (χ0) is 9.02. The first-order valence-electron chi connectivity index (χ1n) is 2.33. The number of urea groups is 1. The molecule has 0 aliphatic carbocycles. The highest BCUT2D eigenvalue weighted by atomic mass is 32.2. The highest BCUT2D eigenvalue weighted by Gasteiger charge is 2.13. The molecule has 1 atom stereocenters. The van der Waals surface area contributed by atoms with E-state index in [9.17, 15) is 18.4 Å². The number of carboxylic acids is 1. The molecular weight excluding hydrogens is 176 g/mol. The molecule has 0 rings (SSSR count). The molecule has 0 radical (unpaired) electrons. The Hall–Kier alpha value is -1.15. The highest BCUT2D eigenvalue weighted by molar-refractivity contribution is 7.77. The molecule has 0 saturated carbocycles. The van der Waals surface area contributed by atoms with E-state index < -0.39 is 29.8 Å². The third-order valence-electron chi connectivity index (χ3n) is 0.705. The van der Waals surface area contributed by atoms with Crippen molar-refractivity contribution >= 4 is 23.3 Å². The van der Waals surface area contributed by atoms with Gasteiger partial charge in [-0.3, -0.25) is 9.00 Å². The monoisotopic (exact) mass is 181 g/mol. The fraction of sp³-hybridized carbons (Fsp3) is 0.333. The van der Waals surface area contributed by atoms with E-state index in [4.69, 9.17) is 5.11 Å². The maximum absolute atomic E-state index is 10.2. The molecule has 7 nitrogen and oxygen atoms in total. The van der Waals surface area contributed by atoms with E-state index in [0.29, 0.717) is 0 Å². The fourth-order valence-corrected chi connectivity index (χ4v) is 0.690. The van der Waals surface area contributed by atoms with Crippen LogP contribution in [-0.2, 0) is 16.1 Å². The lowest BCUT2D eigenvalue weighted by molar-refractivity contribution is -0.136. The minimum absolute atomic E-state index is 0.0116. The molecule has 0 aliphatic heterocycles. The van der Waals surface area contributed by atoms with Gasteiger partial charge in [-0.1, -0.05) is 0 Å². The largest absolute Gasteiger partial charge is 0.755 e. The molecule has 0 aromatic rings. The summed E-state index contributed by atoms with van der Waals surface area (Å²) >= 11 is -2.93. The van der Waals surface area contributed by atoms with Crippen LogP contribution in [-0.4, -0.2) is 36.7 Å². The van der Waals surface area contributed by atoms with Gasteiger partial charge in [0.2, 0.25) is 0 Å². The van der Waals surface area contributed by atoms with E-state index in [2.05, 4.69) is 5.73 Å². The smallest absolute Gasteiger partial charge is 0.326 e. The maximum Gasteiger partial charge on any atom is 0.326 e. The SMILES string of the molecule is NC(=O)N(CC(=O)O)S(=O)[O-]. The Morgan fingerprint density at radius 1 is 1.64 bits per heavy atom. The average Bonchev–Trinajstić information content (AvgIpc) is 1.81. The van der Waals surface area contributed by atoms with Crippen LogP contribution in [0.4, 0.5) is 4.79 Å². The van der Waals surface area contributed by atoms with Gasteiger partial charge in [0.05, 0.1) is 11.3 Å². The van der Waals surface area contributed by atoms with Crippen molar-refractivity contribution in [1.82, 2.24) is 4.31 Å². The number of primary amides is 1. The van der Waals surface area contributed by atoms with Crippen molar-refractivity contribution in [3.63, 3.8) is 0 Å². The predicted molar refractivity (Wildman–Crippen MR) is 32.8 cm³/mol. The van der Waals surface area contributed by atoms with Gasteiger partial charge in [0.15, 0.2) is 0 Å². The van der Waals surface area contributed by atoms with E-state index in [1.54, 1.807) is 0 Å². The van der Waals surface area contributed by atoms with Gasteiger partial charge in [0.1, 0.15) is 6.54 Å². The maximum atomic E-state index is 10.2. The van der Waals surface area contributed by atoms with Gasteiger partial charge in [-0.2, -0.15) is 0 Å². The lowest BCUT2D eigenvalue weighted by Crippen LogP contribution is -2.40. The predicted octanol–water partition coefficient (Wildman–Crippen LogP) is -1.75. The van der Waals surface area contributed by atoms with Crippen LogP contribution in [0.25, 0.3) is 0 Å². The Balaban J connectivity index is 4.23. The van der Waals surface area contributed by atoms with Gasteiger partial charge in [-0.25, -0.2) is 9.10 Å². The fourth-order valence-electron chi connectivity index (χ4n) is 0.327. The van der Waals surface area contributed by atoms with Crippen molar-refractivity contribution in [2.45, 2.75) is 0 Å². The first kappa shape index (κ1) is 9.85. The van der Waals surface area contributed by atoms with Crippen molar-refractivity contribution < 1.29 is 23.5 Å². The Bertz CT molecular complexity index is 190. The summed E-state index contributed by atoms with van der Waals surface area (Å²) in [5, 5.41) is 8.06. The van der Waals surface area contributed by atoms with Gasteiger partial charge in [0, 0.05) is 0 Å². The van der Waals surface area contributed by atoms with Gasteiger partial charge < -0.3 is 15.4 Å². The van der Waals surface area contributed by atoms with Crippen molar-refractivity contribution in [1.29, 1.82) is 0 Å². The van der Waals surface area contributed by atoms with E-state index in [0.717, 1.165) is 0 Å². The molecule has 1 unspecified atom stereocenters. The number of hydrogen-bond acceptors (Lipinski definition) is 4. The second-order valence-corrected chi connectivity index (χ2v) is 2.36. The van der Waals surface area contributed by atoms with E-state index in [1.165, 1.54) is 0 Å². The molecule has 0 saturated heterocycles. The number of carboxylic acid groups (broad SMARTS) is 1. The zero-order valence-corrected chi connectivity index (χ0v) is 6.04. The summed E-state index contributed by atoms with van der Waals surface area (Å²) in [6.45, 7) is -0.953. The molecule has 8 heteroatoms. The summed E-state index contributed by atoms with van der Waals surface area (Å²) < 4.78 is 20.1. The van der Waals surface area contributed by atoms with Crippen LogP contribution >= 0.6 is 0 Å². The van der Waals surface area contributed by atoms with Crippen molar-refractivity contribution in [3.8, 4) is 0 Å². The minimum atomic E-state index is -2.93. The number of nitrogens with zero attached hydrogens (tertiary/aromatic N) is 1. The second kappa shape index (κ2) is 3.88. The first-order valence-corrected chi connectivity index (χ1v) is 3.36. The molecule has 0 spiro atoms. The summed E-state index contributed by atoms with van der Waals surface area (Å²) in [4.78, 5) is 20.1. The third kappa shape index (κ3) is 3.53. The normalized spacial score (nSPS) is 12.1. The van der Waals surface area contributed by atoms with Crippen LogP contribution in [0.5, 0.6) is 0 Å². The molecule has 0 fully saturated rings. The van der Waals surface area contributed by atoms with Crippen LogP contribution in [0, 0.1) is 0 Å². The molecule has 11 heavy (non-hydrogen) atoms. The number of hydrogen-bond donors (Lipinski definition) is 2. The van der Waals surface area contributed by atoms with E-state index in [1.807, 2.05) is 0 Å². The average molecular weight is 181 g/mol. The van der Waals surface area contributed by atoms with Gasteiger partial charge >= 0.3 is 12.0 Å². The number of carbonyl (C=O) groups excluding carboxylic acids is 1. The lowest BCUT2D eigenvalue weighted by atomic mass is 10.6. The van der Waals surface area contributed by atoms with Crippen LogP contribution < -0.4 is 5.73 Å². The molecule has 0 bridgehead atoms. The highest BCUT2D eigenvalue weighted by Crippen LogP contribution is 1.90. The van der Waals surface area contributed by atoms with Crippen LogP contribution in [0.3, 0.4) is 0 Å². The lowest BCUT2D eigenvalue weighted by Gasteiger charge is -2.19. The van der Waals surface area contributed by atoms with Crippen LogP contribution in [0.15, 0.2) is 0 Å². The molecule has 2 amide bonds.